The van der Waals surface area contributed by atoms with Gasteiger partial charge in [-0.05, 0) is 12.5 Å². The van der Waals surface area contributed by atoms with Crippen molar-refractivity contribution in [2.24, 2.45) is 5.73 Å². The van der Waals surface area contributed by atoms with Crippen LogP contribution in [0.25, 0.3) is 11.1 Å². The van der Waals surface area contributed by atoms with Gasteiger partial charge < -0.3 is 15.6 Å². The van der Waals surface area contributed by atoms with Crippen LogP contribution in [0.15, 0.2) is 30.9 Å². The number of nitrogens with two attached hydrogens (primary N) is 1. The van der Waals surface area contributed by atoms with E-state index in [4.69, 9.17) is 5.73 Å². The molecule has 3 N–H and O–H groups in total. The zero-order chi connectivity index (χ0) is 11.7. The van der Waals surface area contributed by atoms with Gasteiger partial charge in [0.05, 0.1) is 0 Å². The van der Waals surface area contributed by atoms with Gasteiger partial charge in [0.2, 0.25) is 5.95 Å². The highest BCUT2D eigenvalue weighted by Gasteiger charge is 2.20. The molecule has 2 aromatic heterocycles. The average molecular weight is 229 g/mol. The standard InChI is InChI=1S/C12H15N5/c13-11-2-4-17(8-11)12-15-6-10(7-16-12)9-1-3-14-5-9/h1,3,5-7,11,14H,2,4,8,13H2. The minimum Gasteiger partial charge on any atom is -0.367 e. The molecule has 3 heterocycles. The van der Waals surface area contributed by atoms with E-state index in [0.29, 0.717) is 0 Å². The number of aromatic amines is 1. The van der Waals surface area contributed by atoms with Gasteiger partial charge in [-0.1, -0.05) is 0 Å². The van der Waals surface area contributed by atoms with E-state index in [9.17, 15) is 0 Å². The molecule has 2 aromatic rings. The number of hydrogen-bond acceptors (Lipinski definition) is 4. The Hall–Kier alpha value is -1.88. The molecule has 0 radical (unpaired) electrons. The van der Waals surface area contributed by atoms with Crippen LogP contribution >= 0.6 is 0 Å². The molecule has 1 fully saturated rings. The van der Waals surface area contributed by atoms with Crippen LogP contribution in [0.1, 0.15) is 6.42 Å². The van der Waals surface area contributed by atoms with Crippen molar-refractivity contribution in [3.05, 3.63) is 30.9 Å². The fraction of sp³-hybridized carbons (Fsp3) is 0.333. The Kier molecular flexibility index (Phi) is 2.53. The van der Waals surface area contributed by atoms with Gasteiger partial charge in [0.1, 0.15) is 0 Å². The van der Waals surface area contributed by atoms with Crippen molar-refractivity contribution < 1.29 is 0 Å². The molecule has 0 amide bonds. The Labute approximate surface area is 99.7 Å². The molecular formula is C12H15N5. The van der Waals surface area contributed by atoms with Crippen LogP contribution in [0.5, 0.6) is 0 Å². The lowest BCUT2D eigenvalue weighted by Crippen LogP contribution is -2.27. The molecule has 1 aliphatic heterocycles. The van der Waals surface area contributed by atoms with Crippen LogP contribution in [0.2, 0.25) is 0 Å². The third-order valence-corrected chi connectivity index (χ3v) is 3.08. The molecule has 0 saturated carbocycles. The number of rotatable bonds is 2. The van der Waals surface area contributed by atoms with Crippen molar-refractivity contribution in [1.29, 1.82) is 0 Å². The first-order valence-corrected chi connectivity index (χ1v) is 5.78. The third-order valence-electron chi connectivity index (χ3n) is 3.08. The SMILES string of the molecule is NC1CCN(c2ncc(-c3cc[nH]c3)cn2)C1. The van der Waals surface area contributed by atoms with Crippen LogP contribution in [0.3, 0.4) is 0 Å². The summed E-state index contributed by atoms with van der Waals surface area (Å²) < 4.78 is 0. The molecule has 0 aromatic carbocycles. The maximum atomic E-state index is 5.87. The lowest BCUT2D eigenvalue weighted by Gasteiger charge is -2.15. The van der Waals surface area contributed by atoms with E-state index in [1.807, 2.05) is 30.9 Å². The Morgan fingerprint density at radius 3 is 2.71 bits per heavy atom. The predicted octanol–water partition coefficient (Wildman–Crippen LogP) is 1.01. The van der Waals surface area contributed by atoms with Gasteiger partial charge in [-0.2, -0.15) is 0 Å². The summed E-state index contributed by atoms with van der Waals surface area (Å²) in [5.74, 6) is 0.775. The highest BCUT2D eigenvalue weighted by atomic mass is 15.3. The van der Waals surface area contributed by atoms with Crippen molar-refractivity contribution in [3.8, 4) is 11.1 Å². The Morgan fingerprint density at radius 2 is 2.12 bits per heavy atom. The second-order valence-electron chi connectivity index (χ2n) is 4.37. The van der Waals surface area contributed by atoms with E-state index >= 15 is 0 Å². The molecule has 5 nitrogen and oxygen atoms in total. The molecule has 5 heteroatoms. The fourth-order valence-electron chi connectivity index (χ4n) is 2.11. The Morgan fingerprint density at radius 1 is 1.29 bits per heavy atom. The fourth-order valence-corrected chi connectivity index (χ4v) is 2.11. The van der Waals surface area contributed by atoms with Crippen molar-refractivity contribution >= 4 is 5.95 Å². The number of anilines is 1. The predicted molar refractivity (Wildman–Crippen MR) is 66.6 cm³/mol. The largest absolute Gasteiger partial charge is 0.367 e. The minimum absolute atomic E-state index is 0.253. The number of nitrogens with one attached hydrogen (secondary N) is 1. The van der Waals surface area contributed by atoms with E-state index < -0.39 is 0 Å². The van der Waals surface area contributed by atoms with Crippen molar-refractivity contribution in [2.45, 2.75) is 12.5 Å². The van der Waals surface area contributed by atoms with Gasteiger partial charge in [0, 0.05) is 55.0 Å². The molecule has 1 saturated heterocycles. The molecule has 17 heavy (non-hydrogen) atoms. The number of nitrogens with zero attached hydrogens (tertiary/aromatic N) is 3. The smallest absolute Gasteiger partial charge is 0.225 e. The van der Waals surface area contributed by atoms with Crippen molar-refractivity contribution in [3.63, 3.8) is 0 Å². The second kappa shape index (κ2) is 4.18. The Balaban J connectivity index is 1.81. The van der Waals surface area contributed by atoms with Gasteiger partial charge in [-0.3, -0.25) is 0 Å². The maximum absolute atomic E-state index is 5.87. The van der Waals surface area contributed by atoms with Gasteiger partial charge in [-0.25, -0.2) is 9.97 Å². The van der Waals surface area contributed by atoms with Crippen LogP contribution in [-0.4, -0.2) is 34.1 Å². The summed E-state index contributed by atoms with van der Waals surface area (Å²) in [6.45, 7) is 1.80. The molecule has 3 rings (SSSR count). The molecule has 1 aliphatic rings. The summed E-state index contributed by atoms with van der Waals surface area (Å²) in [7, 11) is 0. The van der Waals surface area contributed by atoms with Crippen LogP contribution in [-0.2, 0) is 0 Å². The van der Waals surface area contributed by atoms with Gasteiger partial charge in [0.15, 0.2) is 0 Å². The minimum atomic E-state index is 0.253. The summed E-state index contributed by atoms with van der Waals surface area (Å²) in [4.78, 5) is 13.9. The zero-order valence-corrected chi connectivity index (χ0v) is 9.50. The van der Waals surface area contributed by atoms with Gasteiger partial charge >= 0.3 is 0 Å². The Bertz CT molecular complexity index is 476. The van der Waals surface area contributed by atoms with Crippen molar-refractivity contribution in [1.82, 2.24) is 15.0 Å². The summed E-state index contributed by atoms with van der Waals surface area (Å²) in [6.07, 6.45) is 8.56. The monoisotopic (exact) mass is 229 g/mol. The summed E-state index contributed by atoms with van der Waals surface area (Å²) in [5, 5.41) is 0. The molecule has 0 spiro atoms. The molecule has 1 unspecified atom stereocenters. The van der Waals surface area contributed by atoms with E-state index in [-0.39, 0.29) is 6.04 Å². The first-order valence-electron chi connectivity index (χ1n) is 5.78. The van der Waals surface area contributed by atoms with E-state index in [2.05, 4.69) is 19.9 Å². The van der Waals surface area contributed by atoms with Crippen LogP contribution < -0.4 is 10.6 Å². The normalized spacial score (nSPS) is 19.8. The van der Waals surface area contributed by atoms with Crippen LogP contribution in [0.4, 0.5) is 5.95 Å². The van der Waals surface area contributed by atoms with Crippen LogP contribution in [0, 0.1) is 0 Å². The average Bonchev–Trinajstić information content (AvgIpc) is 3.00. The zero-order valence-electron chi connectivity index (χ0n) is 9.50. The molecule has 0 aliphatic carbocycles. The number of hydrogen-bond donors (Lipinski definition) is 2. The quantitative estimate of drug-likeness (QED) is 0.806. The highest BCUT2D eigenvalue weighted by Crippen LogP contribution is 2.19. The number of H-pyrrole nitrogens is 1. The first-order chi connectivity index (χ1) is 8.33. The van der Waals surface area contributed by atoms with E-state index in [0.717, 1.165) is 36.6 Å². The van der Waals surface area contributed by atoms with Gasteiger partial charge in [-0.15, -0.1) is 0 Å². The summed E-state index contributed by atoms with van der Waals surface area (Å²) in [5.41, 5.74) is 8.00. The van der Waals surface area contributed by atoms with E-state index in [1.165, 1.54) is 0 Å². The summed E-state index contributed by atoms with van der Waals surface area (Å²) in [6, 6.07) is 2.26. The topological polar surface area (TPSA) is 70.8 Å². The third kappa shape index (κ3) is 2.01. The lowest BCUT2D eigenvalue weighted by molar-refractivity contribution is 0.750. The second-order valence-corrected chi connectivity index (χ2v) is 4.37. The van der Waals surface area contributed by atoms with Crippen molar-refractivity contribution in [2.75, 3.05) is 18.0 Å². The van der Waals surface area contributed by atoms with Gasteiger partial charge in [0.25, 0.3) is 0 Å². The number of aromatic nitrogens is 3. The molecular weight excluding hydrogens is 214 g/mol. The lowest BCUT2D eigenvalue weighted by atomic mass is 10.2. The molecule has 88 valence electrons. The first kappa shape index (κ1) is 10.3. The molecule has 1 atom stereocenters. The highest BCUT2D eigenvalue weighted by molar-refractivity contribution is 5.61. The molecule has 0 bridgehead atoms. The summed E-state index contributed by atoms with van der Waals surface area (Å²) >= 11 is 0. The van der Waals surface area contributed by atoms with E-state index in [1.54, 1.807) is 0 Å². The maximum Gasteiger partial charge on any atom is 0.225 e.